The lowest BCUT2D eigenvalue weighted by molar-refractivity contribution is 0.173. The molecule has 1 aliphatic carbocycles. The molecule has 114 valence electrons. The van der Waals surface area contributed by atoms with Crippen molar-refractivity contribution in [1.29, 1.82) is 0 Å². The van der Waals surface area contributed by atoms with E-state index >= 15 is 0 Å². The van der Waals surface area contributed by atoms with Gasteiger partial charge in [0.1, 0.15) is 0 Å². The number of nitrogens with zero attached hydrogens (tertiary/aromatic N) is 1. The fourth-order valence-electron chi connectivity index (χ4n) is 3.21. The second kappa shape index (κ2) is 7.26. The Morgan fingerprint density at radius 1 is 1.35 bits per heavy atom. The average molecular weight is 315 g/mol. The zero-order valence-electron chi connectivity index (χ0n) is 13.1. The zero-order valence-corrected chi connectivity index (χ0v) is 14.7. The Morgan fingerprint density at radius 2 is 2.05 bits per heavy atom. The van der Waals surface area contributed by atoms with Crippen molar-refractivity contribution in [2.45, 2.75) is 65.1 Å². The third-order valence-corrected chi connectivity index (χ3v) is 5.51. The summed E-state index contributed by atoms with van der Waals surface area (Å²) < 4.78 is 0.940. The van der Waals surface area contributed by atoms with Gasteiger partial charge in [0.25, 0.3) is 0 Å². The third kappa shape index (κ3) is 3.97. The Balaban J connectivity index is 1.89. The van der Waals surface area contributed by atoms with Crippen LogP contribution < -0.4 is 5.32 Å². The van der Waals surface area contributed by atoms with Crippen molar-refractivity contribution in [3.63, 3.8) is 0 Å². The van der Waals surface area contributed by atoms with Gasteiger partial charge in [-0.15, -0.1) is 11.3 Å². The molecule has 2 nitrogen and oxygen atoms in total. The Morgan fingerprint density at radius 3 is 2.70 bits per heavy atom. The van der Waals surface area contributed by atoms with E-state index in [1.807, 2.05) is 0 Å². The van der Waals surface area contributed by atoms with Crippen LogP contribution in [-0.2, 0) is 6.42 Å². The minimum Gasteiger partial charge on any atom is -0.309 e. The average Bonchev–Trinajstić information content (AvgIpc) is 2.74. The molecule has 1 heterocycles. The number of nitrogens with one attached hydrogen (secondary N) is 1. The van der Waals surface area contributed by atoms with Crippen molar-refractivity contribution in [2.24, 2.45) is 0 Å². The highest BCUT2D eigenvalue weighted by Crippen LogP contribution is 2.37. The minimum atomic E-state index is 0.503. The number of hydrogen-bond donors (Lipinski definition) is 1. The largest absolute Gasteiger partial charge is 0.309 e. The molecular formula is C16H27ClN2S. The van der Waals surface area contributed by atoms with Crippen molar-refractivity contribution in [1.82, 2.24) is 10.2 Å². The van der Waals surface area contributed by atoms with E-state index in [1.165, 1.54) is 29.7 Å². The molecule has 20 heavy (non-hydrogen) atoms. The van der Waals surface area contributed by atoms with Gasteiger partial charge in [0.15, 0.2) is 0 Å². The van der Waals surface area contributed by atoms with Crippen LogP contribution in [-0.4, -0.2) is 30.1 Å². The van der Waals surface area contributed by atoms with E-state index in [0.717, 1.165) is 17.4 Å². The molecule has 0 bridgehead atoms. The van der Waals surface area contributed by atoms with Gasteiger partial charge in [-0.1, -0.05) is 11.6 Å². The number of aryl methyl sites for hydroxylation is 1. The minimum absolute atomic E-state index is 0.503. The summed E-state index contributed by atoms with van der Waals surface area (Å²) in [5, 5.41) is 3.74. The van der Waals surface area contributed by atoms with E-state index in [0.29, 0.717) is 18.1 Å². The van der Waals surface area contributed by atoms with Crippen LogP contribution in [0.25, 0.3) is 0 Å². The smallest absolute Gasteiger partial charge is 0.0934 e. The molecule has 0 aliphatic heterocycles. The van der Waals surface area contributed by atoms with Crippen LogP contribution in [0.5, 0.6) is 0 Å². The van der Waals surface area contributed by atoms with Gasteiger partial charge in [-0.05, 0) is 58.6 Å². The standard InChI is InChI=1S/C16H27ClN2S/c1-11(2)19(12(3)4)9-8-18-14-6-5-7-15-13(14)10-16(17)20-15/h10-12,14,18H,5-9H2,1-4H3. The number of hydrogen-bond acceptors (Lipinski definition) is 3. The lowest BCUT2D eigenvalue weighted by atomic mass is 9.94. The molecule has 0 radical (unpaired) electrons. The molecule has 1 aromatic rings. The van der Waals surface area contributed by atoms with Crippen molar-refractivity contribution in [3.8, 4) is 0 Å². The maximum atomic E-state index is 6.17. The molecule has 1 N–H and O–H groups in total. The SMILES string of the molecule is CC(C)N(CCNC1CCCc2sc(Cl)cc21)C(C)C. The number of thiophene rings is 1. The fraction of sp³-hybridized carbons (Fsp3) is 0.750. The molecule has 0 saturated heterocycles. The van der Waals surface area contributed by atoms with E-state index in [4.69, 9.17) is 11.6 Å². The lowest BCUT2D eigenvalue weighted by Crippen LogP contribution is -2.42. The third-order valence-electron chi connectivity index (χ3n) is 4.17. The molecule has 0 saturated carbocycles. The van der Waals surface area contributed by atoms with Gasteiger partial charge in [-0.25, -0.2) is 0 Å². The van der Waals surface area contributed by atoms with Gasteiger partial charge >= 0.3 is 0 Å². The van der Waals surface area contributed by atoms with Crippen molar-refractivity contribution < 1.29 is 0 Å². The highest BCUT2D eigenvalue weighted by atomic mass is 35.5. The van der Waals surface area contributed by atoms with Crippen LogP contribution in [0.4, 0.5) is 0 Å². The van der Waals surface area contributed by atoms with Crippen LogP contribution in [0.1, 0.15) is 57.0 Å². The van der Waals surface area contributed by atoms with Gasteiger partial charge in [0.05, 0.1) is 4.34 Å². The number of rotatable bonds is 6. The molecule has 1 aliphatic rings. The van der Waals surface area contributed by atoms with E-state index in [2.05, 4.69) is 44.0 Å². The summed E-state index contributed by atoms with van der Waals surface area (Å²) >= 11 is 7.92. The number of fused-ring (bicyclic) bond motifs is 1. The first-order valence-electron chi connectivity index (χ1n) is 7.76. The van der Waals surface area contributed by atoms with E-state index in [-0.39, 0.29) is 0 Å². The number of halogens is 1. The van der Waals surface area contributed by atoms with Crippen molar-refractivity contribution in [2.75, 3.05) is 13.1 Å². The summed E-state index contributed by atoms with van der Waals surface area (Å²) in [6.45, 7) is 11.3. The van der Waals surface area contributed by atoms with Gasteiger partial charge in [-0.3, -0.25) is 4.90 Å². The first-order valence-corrected chi connectivity index (χ1v) is 8.95. The van der Waals surface area contributed by atoms with E-state index in [1.54, 1.807) is 11.3 Å². The molecular weight excluding hydrogens is 288 g/mol. The molecule has 0 fully saturated rings. The predicted octanol–water partition coefficient (Wildman–Crippen LogP) is 4.49. The van der Waals surface area contributed by atoms with Gasteiger partial charge in [-0.2, -0.15) is 0 Å². The molecule has 1 atom stereocenters. The molecule has 0 amide bonds. The van der Waals surface area contributed by atoms with Gasteiger partial charge in [0, 0.05) is 36.1 Å². The van der Waals surface area contributed by atoms with Gasteiger partial charge < -0.3 is 5.32 Å². The highest BCUT2D eigenvalue weighted by molar-refractivity contribution is 7.16. The molecule has 2 rings (SSSR count). The summed E-state index contributed by atoms with van der Waals surface area (Å²) in [5.74, 6) is 0. The summed E-state index contributed by atoms with van der Waals surface area (Å²) in [5.41, 5.74) is 1.45. The zero-order chi connectivity index (χ0) is 14.7. The fourth-order valence-corrected chi connectivity index (χ4v) is 4.60. The van der Waals surface area contributed by atoms with Crippen molar-refractivity contribution >= 4 is 22.9 Å². The Labute approximate surface area is 132 Å². The van der Waals surface area contributed by atoms with Crippen LogP contribution >= 0.6 is 22.9 Å². The Bertz CT molecular complexity index is 420. The summed E-state index contributed by atoms with van der Waals surface area (Å²) in [4.78, 5) is 4.03. The Hall–Kier alpha value is -0.0900. The van der Waals surface area contributed by atoms with Crippen LogP contribution in [0, 0.1) is 0 Å². The monoisotopic (exact) mass is 314 g/mol. The molecule has 1 aromatic heterocycles. The van der Waals surface area contributed by atoms with E-state index in [9.17, 15) is 0 Å². The first-order chi connectivity index (χ1) is 9.49. The molecule has 0 aromatic carbocycles. The highest BCUT2D eigenvalue weighted by Gasteiger charge is 2.22. The predicted molar refractivity (Wildman–Crippen MR) is 90.0 cm³/mol. The second-order valence-electron chi connectivity index (χ2n) is 6.25. The summed E-state index contributed by atoms with van der Waals surface area (Å²) in [6.07, 6.45) is 3.72. The summed E-state index contributed by atoms with van der Waals surface area (Å²) in [6, 6.07) is 3.88. The maximum Gasteiger partial charge on any atom is 0.0934 e. The van der Waals surface area contributed by atoms with E-state index < -0.39 is 0 Å². The first kappa shape index (κ1) is 16.3. The maximum absolute atomic E-state index is 6.17. The normalized spacial score (nSPS) is 19.1. The van der Waals surface area contributed by atoms with Gasteiger partial charge in [0.2, 0.25) is 0 Å². The molecule has 1 unspecified atom stereocenters. The topological polar surface area (TPSA) is 15.3 Å². The van der Waals surface area contributed by atoms with Crippen LogP contribution in [0.2, 0.25) is 4.34 Å². The second-order valence-corrected chi connectivity index (χ2v) is 8.02. The lowest BCUT2D eigenvalue weighted by Gasteiger charge is -2.32. The van der Waals surface area contributed by atoms with Crippen molar-refractivity contribution in [3.05, 3.63) is 20.8 Å². The molecule has 0 spiro atoms. The van der Waals surface area contributed by atoms with Crippen LogP contribution in [0.3, 0.4) is 0 Å². The molecule has 4 heteroatoms. The Kier molecular flexibility index (Phi) is 5.91. The summed E-state index contributed by atoms with van der Waals surface area (Å²) in [7, 11) is 0. The quantitative estimate of drug-likeness (QED) is 0.832. The van der Waals surface area contributed by atoms with Crippen LogP contribution in [0.15, 0.2) is 6.07 Å².